The van der Waals surface area contributed by atoms with Crippen LogP contribution in [0.25, 0.3) is 0 Å². The Morgan fingerprint density at radius 3 is 0.766 bits per heavy atom. The first-order chi connectivity index (χ1) is 37.2. The lowest BCUT2D eigenvalue weighted by molar-refractivity contribution is -0.161. The molecule has 0 heterocycles. The molecule has 0 saturated carbocycles. The van der Waals surface area contributed by atoms with Gasteiger partial charge < -0.3 is 33.8 Å². The van der Waals surface area contributed by atoms with Gasteiger partial charge in [0.1, 0.15) is 19.3 Å². The molecule has 5 atom stereocenters. The zero-order valence-electron chi connectivity index (χ0n) is 48.9. The lowest BCUT2D eigenvalue weighted by Gasteiger charge is -2.21. The van der Waals surface area contributed by atoms with Crippen molar-refractivity contribution in [3.63, 3.8) is 0 Å². The maximum absolute atomic E-state index is 12.9. The van der Waals surface area contributed by atoms with Gasteiger partial charge in [-0.25, -0.2) is 9.13 Å². The lowest BCUT2D eigenvalue weighted by Crippen LogP contribution is -2.30. The molecule has 0 rings (SSSR count). The minimum absolute atomic E-state index is 0.106. The average molecular weight is 1140 g/mol. The minimum Gasteiger partial charge on any atom is -0.462 e. The van der Waals surface area contributed by atoms with Crippen LogP contribution in [0.4, 0.5) is 0 Å². The van der Waals surface area contributed by atoms with Crippen LogP contribution in [0.5, 0.6) is 0 Å². The first-order valence-electron chi connectivity index (χ1n) is 30.8. The maximum atomic E-state index is 12.9. The van der Waals surface area contributed by atoms with Gasteiger partial charge in [0.05, 0.1) is 26.4 Å². The number of ether oxygens (including phenoxy) is 4. The number of phosphoric acid groups is 2. The van der Waals surface area contributed by atoms with Crippen molar-refractivity contribution in [3.8, 4) is 0 Å². The number of aliphatic hydroxyl groups excluding tert-OH is 1. The molecule has 0 aliphatic heterocycles. The highest BCUT2D eigenvalue weighted by Gasteiger charge is 2.30. The summed E-state index contributed by atoms with van der Waals surface area (Å²) in [4.78, 5) is 71.7. The zero-order chi connectivity index (χ0) is 56.9. The summed E-state index contributed by atoms with van der Waals surface area (Å²) < 4.78 is 67.6. The number of hydrogen-bond acceptors (Lipinski definition) is 15. The second-order valence-electron chi connectivity index (χ2n) is 21.0. The van der Waals surface area contributed by atoms with Crippen LogP contribution in [0.15, 0.2) is 0 Å². The topological polar surface area (TPSA) is 237 Å². The molecule has 17 nitrogen and oxygen atoms in total. The molecular formula is C58H112O17P2. The van der Waals surface area contributed by atoms with Crippen molar-refractivity contribution in [1.82, 2.24) is 0 Å². The lowest BCUT2D eigenvalue weighted by atomic mass is 10.1. The van der Waals surface area contributed by atoms with Crippen molar-refractivity contribution in [1.29, 1.82) is 0 Å². The highest BCUT2D eigenvalue weighted by molar-refractivity contribution is 7.47. The monoisotopic (exact) mass is 1140 g/mol. The van der Waals surface area contributed by atoms with E-state index in [0.29, 0.717) is 25.7 Å². The molecule has 3 N–H and O–H groups in total. The summed E-state index contributed by atoms with van der Waals surface area (Å²) >= 11 is 0. The number of phosphoric ester groups is 2. The third kappa shape index (κ3) is 53.2. The van der Waals surface area contributed by atoms with E-state index in [0.717, 1.165) is 103 Å². The maximum Gasteiger partial charge on any atom is 0.472 e. The number of rotatable bonds is 59. The summed E-state index contributed by atoms with van der Waals surface area (Å²) in [5.74, 6) is -2.15. The molecule has 2 unspecified atom stereocenters. The normalized spacial score (nSPS) is 14.3. The largest absolute Gasteiger partial charge is 0.472 e. The number of esters is 4. The second kappa shape index (κ2) is 53.4. The van der Waals surface area contributed by atoms with Gasteiger partial charge >= 0.3 is 39.5 Å². The second-order valence-corrected chi connectivity index (χ2v) is 23.9. The van der Waals surface area contributed by atoms with Crippen LogP contribution in [0.3, 0.4) is 0 Å². The summed E-state index contributed by atoms with van der Waals surface area (Å²) in [6, 6.07) is 0. The van der Waals surface area contributed by atoms with Gasteiger partial charge in [0, 0.05) is 25.7 Å². The van der Waals surface area contributed by atoms with E-state index in [-0.39, 0.29) is 25.7 Å². The van der Waals surface area contributed by atoms with Crippen LogP contribution in [-0.2, 0) is 65.4 Å². The van der Waals surface area contributed by atoms with Crippen LogP contribution >= 0.6 is 15.6 Å². The molecule has 0 radical (unpaired) electrons. The Labute approximate surface area is 467 Å². The van der Waals surface area contributed by atoms with Gasteiger partial charge in [0.25, 0.3) is 0 Å². The molecule has 0 amide bonds. The molecule has 0 spiro atoms. The van der Waals surface area contributed by atoms with Gasteiger partial charge in [-0.1, -0.05) is 240 Å². The summed E-state index contributed by atoms with van der Waals surface area (Å²) in [7, 11) is -9.86. The molecule has 0 bridgehead atoms. The van der Waals surface area contributed by atoms with Gasteiger partial charge in [-0.15, -0.1) is 0 Å². The van der Waals surface area contributed by atoms with Crippen molar-refractivity contribution in [3.05, 3.63) is 0 Å². The Morgan fingerprint density at radius 2 is 0.519 bits per heavy atom. The molecule has 19 heteroatoms. The Morgan fingerprint density at radius 1 is 0.312 bits per heavy atom. The van der Waals surface area contributed by atoms with Gasteiger partial charge in [-0.05, 0) is 25.7 Å². The predicted molar refractivity (Wildman–Crippen MR) is 303 cm³/mol. The smallest absolute Gasteiger partial charge is 0.462 e. The molecule has 0 aliphatic rings. The van der Waals surface area contributed by atoms with E-state index >= 15 is 0 Å². The van der Waals surface area contributed by atoms with Crippen LogP contribution in [0.1, 0.15) is 291 Å². The van der Waals surface area contributed by atoms with Crippen LogP contribution < -0.4 is 0 Å². The van der Waals surface area contributed by atoms with Gasteiger partial charge in [0.2, 0.25) is 0 Å². The van der Waals surface area contributed by atoms with Crippen molar-refractivity contribution in [2.75, 3.05) is 39.6 Å². The third-order valence-electron chi connectivity index (χ3n) is 13.4. The molecule has 0 aromatic heterocycles. The molecule has 77 heavy (non-hydrogen) atoms. The molecule has 0 fully saturated rings. The van der Waals surface area contributed by atoms with E-state index in [9.17, 15) is 43.2 Å². The van der Waals surface area contributed by atoms with E-state index in [2.05, 4.69) is 27.7 Å². The molecular weight excluding hydrogens is 1030 g/mol. The van der Waals surface area contributed by atoms with Gasteiger partial charge in [-0.3, -0.25) is 37.3 Å². The highest BCUT2D eigenvalue weighted by atomic mass is 31.2. The number of aliphatic hydroxyl groups is 1. The minimum atomic E-state index is -4.93. The Kier molecular flexibility index (Phi) is 52.0. The van der Waals surface area contributed by atoms with E-state index in [1.165, 1.54) is 109 Å². The van der Waals surface area contributed by atoms with Crippen molar-refractivity contribution in [2.45, 2.75) is 309 Å². The predicted octanol–water partition coefficient (Wildman–Crippen LogP) is 15.6. The fourth-order valence-electron chi connectivity index (χ4n) is 8.57. The average Bonchev–Trinajstić information content (AvgIpc) is 3.40. The van der Waals surface area contributed by atoms with Crippen LogP contribution in [-0.4, -0.2) is 96.7 Å². The fourth-order valence-corrected chi connectivity index (χ4v) is 10.2. The zero-order valence-corrected chi connectivity index (χ0v) is 50.7. The number of carbonyl (C=O) groups excluding carboxylic acids is 4. The molecule has 0 saturated heterocycles. The van der Waals surface area contributed by atoms with E-state index < -0.39 is 97.5 Å². The van der Waals surface area contributed by atoms with E-state index in [1.807, 2.05) is 0 Å². The van der Waals surface area contributed by atoms with Crippen LogP contribution in [0, 0.1) is 0 Å². The third-order valence-corrected chi connectivity index (χ3v) is 15.3. The first-order valence-corrected chi connectivity index (χ1v) is 33.8. The Hall–Kier alpha value is -1.94. The number of unbranched alkanes of at least 4 members (excludes halogenated alkanes) is 33. The van der Waals surface area contributed by atoms with E-state index in [4.69, 9.17) is 37.0 Å². The quantitative estimate of drug-likeness (QED) is 0.0222. The van der Waals surface area contributed by atoms with Gasteiger partial charge in [-0.2, -0.15) is 0 Å². The Balaban J connectivity index is 5.20. The number of carbonyl (C=O) groups is 4. The summed E-state index contributed by atoms with van der Waals surface area (Å²) in [6.07, 6.45) is 36.2. The molecule has 0 aromatic carbocycles. The van der Waals surface area contributed by atoms with Crippen LogP contribution in [0.2, 0.25) is 0 Å². The van der Waals surface area contributed by atoms with Gasteiger partial charge in [0.15, 0.2) is 12.2 Å². The fraction of sp³-hybridized carbons (Fsp3) is 0.931. The SMILES string of the molecule is CCCCCCCCCCCCC(=O)OC[C@H](COP(=O)(O)OC[C@@H](O)COP(=O)(O)OC[C@@H](COC(=O)CCCCCCCCC)OC(=O)CCCCCCCCCCCC)OC(=O)CCCCCCCCCCCC. The highest BCUT2D eigenvalue weighted by Crippen LogP contribution is 2.45. The first kappa shape index (κ1) is 75.1. The Bertz CT molecular complexity index is 1500. The summed E-state index contributed by atoms with van der Waals surface area (Å²) in [5.41, 5.74) is 0. The van der Waals surface area contributed by atoms with Crippen molar-refractivity contribution < 1.29 is 80.2 Å². The molecule has 0 aromatic rings. The molecule has 0 aliphatic carbocycles. The standard InChI is InChI=1S/C58H112O17P2/c1-5-9-13-17-21-24-27-31-35-39-43-56(61)69-49-54(75-58(63)45-41-37-33-29-26-23-19-15-11-7-3)51-73-77(66,67)71-47-52(59)46-70-76(64,65)72-50-53(48-68-55(60)42-38-34-30-20-16-12-8-4)74-57(62)44-40-36-32-28-25-22-18-14-10-6-2/h52-54,59H,5-51H2,1-4H3,(H,64,65)(H,66,67)/t52-,53+,54+/m0/s1. The molecule has 456 valence electrons. The van der Waals surface area contributed by atoms with E-state index in [1.54, 1.807) is 0 Å². The summed E-state index contributed by atoms with van der Waals surface area (Å²) in [5, 5.41) is 10.5. The van der Waals surface area contributed by atoms with Crippen molar-refractivity contribution >= 4 is 39.5 Å². The van der Waals surface area contributed by atoms with Crippen molar-refractivity contribution in [2.24, 2.45) is 0 Å². The number of hydrogen-bond donors (Lipinski definition) is 3. The summed E-state index contributed by atoms with van der Waals surface area (Å²) in [6.45, 7) is 4.78.